The van der Waals surface area contributed by atoms with Crippen molar-refractivity contribution in [3.63, 3.8) is 0 Å². The molecule has 3 aliphatic rings. The Morgan fingerprint density at radius 3 is 2.60 bits per heavy atom. The number of hydrogen-bond acceptors (Lipinski definition) is 7. The van der Waals surface area contributed by atoms with Crippen LogP contribution < -0.4 is 21.1 Å². The summed E-state index contributed by atoms with van der Waals surface area (Å²) >= 11 is 2.05. The third-order valence-corrected chi connectivity index (χ3v) is 8.63. The molecule has 1 aliphatic carbocycles. The van der Waals surface area contributed by atoms with Crippen LogP contribution in [0.1, 0.15) is 38.5 Å². The van der Waals surface area contributed by atoms with E-state index in [9.17, 15) is 8.42 Å². The van der Waals surface area contributed by atoms with E-state index < -0.39 is 10.0 Å². The lowest BCUT2D eigenvalue weighted by Crippen LogP contribution is -2.68. The first-order valence-electron chi connectivity index (χ1n) is 9.36. The highest BCUT2D eigenvalue weighted by Crippen LogP contribution is 2.31. The number of nitrogens with one attached hydrogen (secondary N) is 3. The Labute approximate surface area is 155 Å². The van der Waals surface area contributed by atoms with E-state index in [1.807, 2.05) is 0 Å². The summed E-state index contributed by atoms with van der Waals surface area (Å²) in [6.07, 6.45) is 5.81. The molecule has 0 amide bonds. The molecule has 0 aromatic rings. The molecule has 0 radical (unpaired) electrons. The zero-order chi connectivity index (χ0) is 17.9. The van der Waals surface area contributed by atoms with Crippen LogP contribution in [-0.4, -0.2) is 63.3 Å². The molecule has 146 valence electrons. The van der Waals surface area contributed by atoms with E-state index in [1.165, 1.54) is 18.6 Å². The molecule has 0 aromatic heterocycles. The Hall–Kier alpha value is 0.1000. The average molecular weight is 393 g/mol. The molecule has 3 rings (SSSR count). The van der Waals surface area contributed by atoms with Gasteiger partial charge in [-0.3, -0.25) is 16.0 Å². The Bertz CT molecular complexity index is 519. The SMILES string of the molecule is COC1NCC(C2CCC(S(N)(=O)=O)CC2)NC1NCC1CCCS1. The molecule has 7 nitrogen and oxygen atoms in total. The van der Waals surface area contributed by atoms with Gasteiger partial charge in [-0.15, -0.1) is 0 Å². The summed E-state index contributed by atoms with van der Waals surface area (Å²) in [4.78, 5) is 0. The fourth-order valence-corrected chi connectivity index (χ4v) is 6.45. The van der Waals surface area contributed by atoms with Crippen molar-refractivity contribution < 1.29 is 13.2 Å². The minimum atomic E-state index is -3.39. The largest absolute Gasteiger partial charge is 0.364 e. The molecule has 9 heteroatoms. The standard InChI is InChI=1S/C16H32N4O3S2/c1-23-16-15(18-9-12-3-2-8-24-12)20-14(10-19-16)11-4-6-13(7-5-11)25(17,21)22/h11-16,18-20H,2-10H2,1H3,(H2,17,21,22). The molecule has 4 unspecified atom stereocenters. The van der Waals surface area contributed by atoms with Crippen LogP contribution in [0.2, 0.25) is 0 Å². The van der Waals surface area contributed by atoms with E-state index in [4.69, 9.17) is 9.88 Å². The molecule has 2 saturated heterocycles. The van der Waals surface area contributed by atoms with Gasteiger partial charge < -0.3 is 4.74 Å². The van der Waals surface area contributed by atoms with Crippen molar-refractivity contribution in [1.29, 1.82) is 0 Å². The van der Waals surface area contributed by atoms with Gasteiger partial charge in [0.2, 0.25) is 10.0 Å². The van der Waals surface area contributed by atoms with Gasteiger partial charge in [0.05, 0.1) is 11.4 Å². The van der Waals surface area contributed by atoms with Gasteiger partial charge in [0.15, 0.2) is 0 Å². The quantitative estimate of drug-likeness (QED) is 0.511. The molecule has 25 heavy (non-hydrogen) atoms. The Morgan fingerprint density at radius 1 is 1.24 bits per heavy atom. The highest BCUT2D eigenvalue weighted by molar-refractivity contribution is 8.00. The molecular weight excluding hydrogens is 360 g/mol. The van der Waals surface area contributed by atoms with Gasteiger partial charge >= 0.3 is 0 Å². The fourth-order valence-electron chi connectivity index (χ4n) is 4.31. The van der Waals surface area contributed by atoms with Crippen LogP contribution in [0.3, 0.4) is 0 Å². The van der Waals surface area contributed by atoms with Crippen molar-refractivity contribution in [1.82, 2.24) is 16.0 Å². The number of thioether (sulfide) groups is 1. The lowest BCUT2D eigenvalue weighted by Gasteiger charge is -2.43. The monoisotopic (exact) mass is 392 g/mol. The topological polar surface area (TPSA) is 105 Å². The number of piperazine rings is 1. The third-order valence-electron chi connectivity index (χ3n) is 5.83. The van der Waals surface area contributed by atoms with E-state index in [1.54, 1.807) is 7.11 Å². The molecule has 0 spiro atoms. The summed E-state index contributed by atoms with van der Waals surface area (Å²) in [6, 6.07) is 0.335. The van der Waals surface area contributed by atoms with Crippen LogP contribution in [0.4, 0.5) is 0 Å². The second-order valence-electron chi connectivity index (χ2n) is 7.48. The second kappa shape index (κ2) is 8.86. The van der Waals surface area contributed by atoms with Crippen molar-refractivity contribution >= 4 is 21.8 Å². The zero-order valence-corrected chi connectivity index (χ0v) is 16.6. The number of hydrogen-bond donors (Lipinski definition) is 4. The molecule has 0 bridgehead atoms. The number of rotatable bonds is 6. The average Bonchev–Trinajstić information content (AvgIpc) is 3.12. The maximum absolute atomic E-state index is 11.5. The number of primary sulfonamides is 1. The first-order chi connectivity index (χ1) is 12.0. The number of methoxy groups -OCH3 is 1. The third kappa shape index (κ3) is 5.31. The zero-order valence-electron chi connectivity index (χ0n) is 14.9. The highest BCUT2D eigenvalue weighted by atomic mass is 32.2. The summed E-state index contributed by atoms with van der Waals surface area (Å²) < 4.78 is 28.6. The summed E-state index contributed by atoms with van der Waals surface area (Å²) in [5, 5.41) is 16.5. The summed E-state index contributed by atoms with van der Waals surface area (Å²) in [7, 11) is -1.66. The van der Waals surface area contributed by atoms with Gasteiger partial charge in [-0.05, 0) is 50.2 Å². The van der Waals surface area contributed by atoms with Crippen LogP contribution in [0.15, 0.2) is 0 Å². The predicted molar refractivity (Wildman–Crippen MR) is 102 cm³/mol. The van der Waals surface area contributed by atoms with Gasteiger partial charge in [-0.1, -0.05) is 0 Å². The van der Waals surface area contributed by atoms with Crippen LogP contribution in [-0.2, 0) is 14.8 Å². The number of ether oxygens (including phenoxy) is 1. The first kappa shape index (κ1) is 19.9. The summed E-state index contributed by atoms with van der Waals surface area (Å²) in [5.41, 5.74) is 0. The smallest absolute Gasteiger partial charge is 0.211 e. The number of nitrogens with two attached hydrogens (primary N) is 1. The van der Waals surface area contributed by atoms with Gasteiger partial charge in [-0.25, -0.2) is 13.6 Å². The van der Waals surface area contributed by atoms with Crippen LogP contribution in [0, 0.1) is 5.92 Å². The summed E-state index contributed by atoms with van der Waals surface area (Å²) in [5.74, 6) is 1.75. The Kier molecular flexibility index (Phi) is 7.03. The van der Waals surface area contributed by atoms with E-state index in [0.717, 1.165) is 25.9 Å². The fraction of sp³-hybridized carbons (Fsp3) is 1.00. The Morgan fingerprint density at radius 2 is 2.00 bits per heavy atom. The van der Waals surface area contributed by atoms with Crippen molar-refractivity contribution in [3.05, 3.63) is 0 Å². The van der Waals surface area contributed by atoms with Gasteiger partial charge in [0, 0.05) is 31.5 Å². The van der Waals surface area contributed by atoms with Gasteiger partial charge in [-0.2, -0.15) is 11.8 Å². The molecular formula is C16H32N4O3S2. The van der Waals surface area contributed by atoms with Crippen molar-refractivity contribution in [2.45, 2.75) is 67.5 Å². The summed E-state index contributed by atoms with van der Waals surface area (Å²) in [6.45, 7) is 1.84. The minimum Gasteiger partial charge on any atom is -0.364 e. The van der Waals surface area contributed by atoms with Crippen molar-refractivity contribution in [2.75, 3.05) is 26.0 Å². The lowest BCUT2D eigenvalue weighted by atomic mass is 9.83. The molecule has 2 heterocycles. The van der Waals surface area contributed by atoms with E-state index in [0.29, 0.717) is 30.1 Å². The van der Waals surface area contributed by atoms with Gasteiger partial charge in [0.25, 0.3) is 0 Å². The Balaban J connectivity index is 1.51. The first-order valence-corrected chi connectivity index (χ1v) is 12.0. The van der Waals surface area contributed by atoms with Crippen LogP contribution >= 0.6 is 11.8 Å². The predicted octanol–water partition coefficient (Wildman–Crippen LogP) is 0.179. The molecule has 3 fully saturated rings. The van der Waals surface area contributed by atoms with Crippen LogP contribution in [0.5, 0.6) is 0 Å². The molecule has 4 atom stereocenters. The molecule has 0 aromatic carbocycles. The lowest BCUT2D eigenvalue weighted by molar-refractivity contribution is -0.00323. The van der Waals surface area contributed by atoms with E-state index in [-0.39, 0.29) is 17.6 Å². The van der Waals surface area contributed by atoms with Crippen molar-refractivity contribution in [2.24, 2.45) is 11.1 Å². The molecule has 2 aliphatic heterocycles. The van der Waals surface area contributed by atoms with E-state index in [2.05, 4.69) is 27.7 Å². The molecule has 5 N–H and O–H groups in total. The second-order valence-corrected chi connectivity index (χ2v) is 10.7. The maximum Gasteiger partial charge on any atom is 0.211 e. The van der Waals surface area contributed by atoms with Crippen molar-refractivity contribution in [3.8, 4) is 0 Å². The van der Waals surface area contributed by atoms with E-state index >= 15 is 0 Å². The normalized spacial score (nSPS) is 40.2. The number of sulfonamides is 1. The van der Waals surface area contributed by atoms with Crippen LogP contribution in [0.25, 0.3) is 0 Å². The maximum atomic E-state index is 11.5. The molecule has 1 saturated carbocycles. The minimum absolute atomic E-state index is 0.0385. The van der Waals surface area contributed by atoms with Gasteiger partial charge in [0.1, 0.15) is 6.23 Å². The highest BCUT2D eigenvalue weighted by Gasteiger charge is 2.37.